The molecule has 5 nitrogen and oxygen atoms in total. The fourth-order valence-corrected chi connectivity index (χ4v) is 2.76. The molecule has 2 aromatic carbocycles. The van der Waals surface area contributed by atoms with Crippen molar-refractivity contribution in [1.82, 2.24) is 15.1 Å². The second-order valence-electron chi connectivity index (χ2n) is 5.92. The van der Waals surface area contributed by atoms with E-state index in [1.54, 1.807) is 18.2 Å². The van der Waals surface area contributed by atoms with E-state index in [1.807, 2.05) is 44.3 Å². The van der Waals surface area contributed by atoms with Crippen LogP contribution in [0.15, 0.2) is 52.9 Å². The second-order valence-corrected chi connectivity index (χ2v) is 6.79. The van der Waals surface area contributed by atoms with Gasteiger partial charge in [-0.15, -0.1) is 10.2 Å². The van der Waals surface area contributed by atoms with Crippen molar-refractivity contribution in [1.29, 1.82) is 0 Å². The molecule has 0 aliphatic heterocycles. The van der Waals surface area contributed by atoms with E-state index < -0.39 is 0 Å². The van der Waals surface area contributed by atoms with Gasteiger partial charge in [-0.05, 0) is 50.4 Å². The first-order valence-corrected chi connectivity index (χ1v) is 8.96. The van der Waals surface area contributed by atoms with Gasteiger partial charge in [0.25, 0.3) is 0 Å². The Morgan fingerprint density at radius 1 is 1.08 bits per heavy atom. The Balaban J connectivity index is 1.57. The van der Waals surface area contributed by atoms with Crippen LogP contribution < -0.4 is 4.74 Å². The highest BCUT2D eigenvalue weighted by molar-refractivity contribution is 6.31. The van der Waals surface area contributed by atoms with Gasteiger partial charge >= 0.3 is 0 Å². The van der Waals surface area contributed by atoms with Gasteiger partial charge in [-0.25, -0.2) is 0 Å². The molecule has 3 rings (SSSR count). The van der Waals surface area contributed by atoms with Crippen LogP contribution in [0.1, 0.15) is 18.9 Å². The van der Waals surface area contributed by atoms with Crippen molar-refractivity contribution in [3.05, 3.63) is 64.5 Å². The van der Waals surface area contributed by atoms with E-state index >= 15 is 0 Å². The molecule has 26 heavy (non-hydrogen) atoms. The Labute approximate surface area is 162 Å². The van der Waals surface area contributed by atoms with Crippen LogP contribution in [0.2, 0.25) is 10.0 Å². The van der Waals surface area contributed by atoms with Crippen LogP contribution in [-0.2, 0) is 0 Å². The third kappa shape index (κ3) is 4.75. The van der Waals surface area contributed by atoms with Crippen molar-refractivity contribution in [2.24, 2.45) is 0 Å². The van der Waals surface area contributed by atoms with Crippen LogP contribution in [0.4, 0.5) is 0 Å². The standard InChI is InChI=1S/C19H19Cl2N3O2/c1-13(24(2)9-10-25-17-8-4-7-16(21)12-17)18-22-23-19(26-18)14-5-3-6-15(20)11-14/h3-8,11-13H,9-10H2,1-2H3. The second kappa shape index (κ2) is 8.54. The zero-order valence-electron chi connectivity index (χ0n) is 14.5. The number of hydrogen-bond donors (Lipinski definition) is 0. The maximum Gasteiger partial charge on any atom is 0.247 e. The molecule has 0 radical (unpaired) electrons. The minimum atomic E-state index is -0.0432. The first kappa shape index (κ1) is 18.7. The zero-order valence-corrected chi connectivity index (χ0v) is 16.0. The van der Waals surface area contributed by atoms with Crippen molar-refractivity contribution >= 4 is 23.2 Å². The smallest absolute Gasteiger partial charge is 0.247 e. The van der Waals surface area contributed by atoms with Gasteiger partial charge in [0.05, 0.1) is 6.04 Å². The highest BCUT2D eigenvalue weighted by Crippen LogP contribution is 2.25. The lowest BCUT2D eigenvalue weighted by Gasteiger charge is -2.21. The molecule has 0 amide bonds. The number of rotatable bonds is 7. The van der Waals surface area contributed by atoms with E-state index in [1.165, 1.54) is 0 Å². The van der Waals surface area contributed by atoms with Gasteiger partial charge in [-0.1, -0.05) is 35.3 Å². The molecule has 0 spiro atoms. The number of aromatic nitrogens is 2. The number of likely N-dealkylation sites (N-methyl/N-ethyl adjacent to an activating group) is 1. The molecule has 0 fully saturated rings. The summed E-state index contributed by atoms with van der Waals surface area (Å²) in [4.78, 5) is 2.08. The third-order valence-electron chi connectivity index (χ3n) is 4.04. The highest BCUT2D eigenvalue weighted by atomic mass is 35.5. The molecule has 0 saturated carbocycles. The predicted octanol–water partition coefficient (Wildman–Crippen LogP) is 5.12. The van der Waals surface area contributed by atoms with Crippen LogP contribution in [0, 0.1) is 0 Å². The summed E-state index contributed by atoms with van der Waals surface area (Å²) in [6.07, 6.45) is 0. The highest BCUT2D eigenvalue weighted by Gasteiger charge is 2.19. The molecule has 1 atom stereocenters. The van der Waals surface area contributed by atoms with E-state index in [-0.39, 0.29) is 6.04 Å². The Morgan fingerprint density at radius 2 is 1.81 bits per heavy atom. The molecule has 0 bridgehead atoms. The molecule has 0 saturated heterocycles. The van der Waals surface area contributed by atoms with E-state index in [2.05, 4.69) is 15.1 Å². The lowest BCUT2D eigenvalue weighted by Crippen LogP contribution is -2.27. The van der Waals surface area contributed by atoms with Gasteiger partial charge in [-0.2, -0.15) is 0 Å². The summed E-state index contributed by atoms with van der Waals surface area (Å²) in [7, 11) is 1.98. The predicted molar refractivity (Wildman–Crippen MR) is 103 cm³/mol. The van der Waals surface area contributed by atoms with Crippen LogP contribution in [0.25, 0.3) is 11.5 Å². The Bertz CT molecular complexity index is 869. The number of benzene rings is 2. The topological polar surface area (TPSA) is 51.4 Å². The Morgan fingerprint density at radius 3 is 2.54 bits per heavy atom. The van der Waals surface area contributed by atoms with Gasteiger partial charge < -0.3 is 9.15 Å². The fraction of sp³-hybridized carbons (Fsp3) is 0.263. The van der Waals surface area contributed by atoms with Crippen molar-refractivity contribution in [2.75, 3.05) is 20.2 Å². The molecule has 3 aromatic rings. The van der Waals surface area contributed by atoms with Gasteiger partial charge in [0.15, 0.2) is 0 Å². The quantitative estimate of drug-likeness (QED) is 0.559. The summed E-state index contributed by atoms with van der Waals surface area (Å²) >= 11 is 12.0. The molecular formula is C19H19Cl2N3O2. The summed E-state index contributed by atoms with van der Waals surface area (Å²) in [5, 5.41) is 9.57. The lowest BCUT2D eigenvalue weighted by molar-refractivity contribution is 0.182. The maximum absolute atomic E-state index is 6.01. The molecule has 1 unspecified atom stereocenters. The fourth-order valence-electron chi connectivity index (χ4n) is 2.39. The molecule has 1 aromatic heterocycles. The van der Waals surface area contributed by atoms with Crippen molar-refractivity contribution in [2.45, 2.75) is 13.0 Å². The zero-order chi connectivity index (χ0) is 18.5. The molecular weight excluding hydrogens is 373 g/mol. The van der Waals surface area contributed by atoms with E-state index in [4.69, 9.17) is 32.4 Å². The van der Waals surface area contributed by atoms with Crippen molar-refractivity contribution < 1.29 is 9.15 Å². The number of nitrogens with zero attached hydrogens (tertiary/aromatic N) is 3. The van der Waals surface area contributed by atoms with E-state index in [9.17, 15) is 0 Å². The summed E-state index contributed by atoms with van der Waals surface area (Å²) in [5.74, 6) is 1.75. The van der Waals surface area contributed by atoms with Crippen LogP contribution in [-0.4, -0.2) is 35.3 Å². The molecule has 0 aliphatic rings. The molecule has 7 heteroatoms. The first-order valence-electron chi connectivity index (χ1n) is 8.21. The summed E-state index contributed by atoms with van der Waals surface area (Å²) < 4.78 is 11.5. The van der Waals surface area contributed by atoms with E-state index in [0.29, 0.717) is 35.0 Å². The van der Waals surface area contributed by atoms with Gasteiger partial charge in [0.2, 0.25) is 11.8 Å². The molecule has 1 heterocycles. The monoisotopic (exact) mass is 391 g/mol. The van der Waals surface area contributed by atoms with Gasteiger partial charge in [0, 0.05) is 22.2 Å². The SMILES string of the molecule is CC(c1nnc(-c2cccc(Cl)c2)o1)N(C)CCOc1cccc(Cl)c1. The normalized spacial score (nSPS) is 12.3. The third-order valence-corrected chi connectivity index (χ3v) is 4.51. The van der Waals surface area contributed by atoms with Crippen LogP contribution >= 0.6 is 23.2 Å². The minimum absolute atomic E-state index is 0.0432. The Hall–Kier alpha value is -2.08. The van der Waals surface area contributed by atoms with Crippen molar-refractivity contribution in [3.8, 4) is 17.2 Å². The number of ether oxygens (including phenoxy) is 1. The van der Waals surface area contributed by atoms with Gasteiger partial charge in [0.1, 0.15) is 12.4 Å². The maximum atomic E-state index is 6.01. The summed E-state index contributed by atoms with van der Waals surface area (Å²) in [6.45, 7) is 3.23. The van der Waals surface area contributed by atoms with Gasteiger partial charge in [-0.3, -0.25) is 4.90 Å². The first-order chi connectivity index (χ1) is 12.5. The van der Waals surface area contributed by atoms with Crippen LogP contribution in [0.5, 0.6) is 5.75 Å². The average molecular weight is 392 g/mol. The van der Waals surface area contributed by atoms with Crippen LogP contribution in [0.3, 0.4) is 0 Å². The average Bonchev–Trinajstić information content (AvgIpc) is 3.11. The molecule has 136 valence electrons. The number of halogens is 2. The Kier molecular flexibility index (Phi) is 6.14. The lowest BCUT2D eigenvalue weighted by atomic mass is 10.2. The molecule has 0 aliphatic carbocycles. The summed E-state index contributed by atoms with van der Waals surface area (Å²) in [6, 6.07) is 14.6. The minimum Gasteiger partial charge on any atom is -0.492 e. The van der Waals surface area contributed by atoms with E-state index in [0.717, 1.165) is 11.3 Å². The largest absolute Gasteiger partial charge is 0.492 e. The molecule has 0 N–H and O–H groups in total. The number of hydrogen-bond acceptors (Lipinski definition) is 5. The van der Waals surface area contributed by atoms with Crippen molar-refractivity contribution in [3.63, 3.8) is 0 Å². The summed E-state index contributed by atoms with van der Waals surface area (Å²) in [5.41, 5.74) is 0.801.